The van der Waals surface area contributed by atoms with Crippen molar-refractivity contribution in [2.45, 2.75) is 19.1 Å². The van der Waals surface area contributed by atoms with Crippen LogP contribution in [0, 0.1) is 0 Å². The minimum Gasteiger partial charge on any atom is -0.375 e. The van der Waals surface area contributed by atoms with Crippen molar-refractivity contribution in [1.82, 2.24) is 15.1 Å². The maximum atomic E-state index is 12.3. The second-order valence-electron chi connectivity index (χ2n) is 6.04. The monoisotopic (exact) mass is 303 g/mol. The predicted molar refractivity (Wildman–Crippen MR) is 85.5 cm³/mol. The number of ether oxygens (including phenoxy) is 1. The number of nitrogens with one attached hydrogen (secondary N) is 1. The van der Waals surface area contributed by atoms with Gasteiger partial charge in [0.15, 0.2) is 0 Å². The fraction of sp³-hybridized carbons (Fsp3) is 0.588. The van der Waals surface area contributed by atoms with Gasteiger partial charge in [0.05, 0.1) is 19.1 Å². The van der Waals surface area contributed by atoms with E-state index >= 15 is 0 Å². The first-order valence-corrected chi connectivity index (χ1v) is 8.17. The molecule has 2 saturated heterocycles. The number of morpholine rings is 1. The van der Waals surface area contributed by atoms with Crippen LogP contribution in [0.5, 0.6) is 0 Å². The summed E-state index contributed by atoms with van der Waals surface area (Å²) >= 11 is 0. The van der Waals surface area contributed by atoms with Crippen molar-refractivity contribution < 1.29 is 9.53 Å². The van der Waals surface area contributed by atoms with E-state index in [0.717, 1.165) is 45.8 Å². The Balaban J connectivity index is 1.42. The molecule has 0 radical (unpaired) electrons. The molecule has 1 atom stereocenters. The molecular formula is C17H25N3O2. The van der Waals surface area contributed by atoms with Gasteiger partial charge in [-0.05, 0) is 5.56 Å². The molecule has 0 aliphatic carbocycles. The van der Waals surface area contributed by atoms with Crippen molar-refractivity contribution in [3.05, 3.63) is 35.9 Å². The number of amides is 1. The summed E-state index contributed by atoms with van der Waals surface area (Å²) in [6, 6.07) is 10.5. The Morgan fingerprint density at radius 2 is 1.95 bits per heavy atom. The van der Waals surface area contributed by atoms with Crippen molar-refractivity contribution in [3.8, 4) is 0 Å². The van der Waals surface area contributed by atoms with Crippen LogP contribution in [0.3, 0.4) is 0 Å². The molecule has 1 aromatic rings. The number of benzene rings is 1. The number of hydrogen-bond acceptors (Lipinski definition) is 4. The molecule has 0 aromatic heterocycles. The van der Waals surface area contributed by atoms with E-state index in [1.807, 2.05) is 11.0 Å². The van der Waals surface area contributed by atoms with Crippen molar-refractivity contribution >= 4 is 5.91 Å². The number of rotatable bonds is 4. The van der Waals surface area contributed by atoms with Crippen LogP contribution in [0.4, 0.5) is 0 Å². The molecular weight excluding hydrogens is 278 g/mol. The van der Waals surface area contributed by atoms with Crippen LogP contribution in [0.2, 0.25) is 0 Å². The van der Waals surface area contributed by atoms with Gasteiger partial charge >= 0.3 is 0 Å². The summed E-state index contributed by atoms with van der Waals surface area (Å²) in [5.74, 6) is 0.230. The maximum Gasteiger partial charge on any atom is 0.225 e. The van der Waals surface area contributed by atoms with Gasteiger partial charge in [-0.1, -0.05) is 30.3 Å². The smallest absolute Gasteiger partial charge is 0.225 e. The Bertz CT molecular complexity index is 466. The van der Waals surface area contributed by atoms with E-state index < -0.39 is 0 Å². The molecule has 0 bridgehead atoms. The lowest BCUT2D eigenvalue weighted by atomic mass is 10.1. The van der Waals surface area contributed by atoms with Crippen molar-refractivity contribution in [2.75, 3.05) is 45.9 Å². The van der Waals surface area contributed by atoms with Gasteiger partial charge in [-0.2, -0.15) is 0 Å². The highest BCUT2D eigenvalue weighted by Gasteiger charge is 2.24. The van der Waals surface area contributed by atoms with Gasteiger partial charge < -0.3 is 15.0 Å². The van der Waals surface area contributed by atoms with E-state index in [1.54, 1.807) is 0 Å². The number of hydrogen-bond donors (Lipinski definition) is 1. The highest BCUT2D eigenvalue weighted by atomic mass is 16.5. The molecule has 0 spiro atoms. The van der Waals surface area contributed by atoms with Gasteiger partial charge in [-0.3, -0.25) is 9.69 Å². The summed E-state index contributed by atoms with van der Waals surface area (Å²) in [5, 5.41) is 3.27. The number of carbonyl (C=O) groups excluding carboxylic acids is 1. The molecule has 3 rings (SSSR count). The van der Waals surface area contributed by atoms with Crippen LogP contribution < -0.4 is 5.32 Å². The molecule has 2 fully saturated rings. The lowest BCUT2D eigenvalue weighted by molar-refractivity contribution is -0.136. The van der Waals surface area contributed by atoms with Gasteiger partial charge in [0.1, 0.15) is 0 Å². The summed E-state index contributed by atoms with van der Waals surface area (Å²) < 4.78 is 5.62. The number of nitrogens with zero attached hydrogens (tertiary/aromatic N) is 2. The number of carbonyl (C=O) groups is 1. The highest BCUT2D eigenvalue weighted by molar-refractivity contribution is 5.76. The van der Waals surface area contributed by atoms with Gasteiger partial charge in [0, 0.05) is 45.8 Å². The SMILES string of the molecule is O=C(CC1CNCCO1)N1CCN(Cc2ccccc2)CC1. The third-order valence-electron chi connectivity index (χ3n) is 4.38. The maximum absolute atomic E-state index is 12.3. The molecule has 1 amide bonds. The average molecular weight is 303 g/mol. The van der Waals surface area contributed by atoms with E-state index in [0.29, 0.717) is 13.0 Å². The Morgan fingerprint density at radius 1 is 1.18 bits per heavy atom. The van der Waals surface area contributed by atoms with E-state index in [4.69, 9.17) is 4.74 Å². The minimum absolute atomic E-state index is 0.0450. The predicted octanol–water partition coefficient (Wildman–Crippen LogP) is 0.709. The lowest BCUT2D eigenvalue weighted by Crippen LogP contribution is -2.50. The summed E-state index contributed by atoms with van der Waals surface area (Å²) in [4.78, 5) is 16.7. The van der Waals surface area contributed by atoms with Crippen LogP contribution in [-0.2, 0) is 16.1 Å². The Morgan fingerprint density at radius 3 is 2.64 bits per heavy atom. The molecule has 0 saturated carbocycles. The molecule has 1 aromatic carbocycles. The molecule has 120 valence electrons. The van der Waals surface area contributed by atoms with Crippen LogP contribution in [0.25, 0.3) is 0 Å². The standard InChI is InChI=1S/C17H25N3O2/c21-17(12-16-13-18-6-11-22-16)20-9-7-19(8-10-20)14-15-4-2-1-3-5-15/h1-5,16,18H,6-14H2. The second kappa shape index (κ2) is 7.72. The van der Waals surface area contributed by atoms with Gasteiger partial charge in [-0.15, -0.1) is 0 Å². The molecule has 2 heterocycles. The Hall–Kier alpha value is -1.43. The van der Waals surface area contributed by atoms with Crippen molar-refractivity contribution in [1.29, 1.82) is 0 Å². The summed E-state index contributed by atoms with van der Waals surface area (Å²) in [6.45, 7) is 6.91. The Labute approximate surface area is 132 Å². The molecule has 1 unspecified atom stereocenters. The van der Waals surface area contributed by atoms with Crippen molar-refractivity contribution in [3.63, 3.8) is 0 Å². The fourth-order valence-electron chi connectivity index (χ4n) is 3.07. The average Bonchev–Trinajstić information content (AvgIpc) is 2.57. The zero-order valence-corrected chi connectivity index (χ0v) is 13.0. The third-order valence-corrected chi connectivity index (χ3v) is 4.38. The quantitative estimate of drug-likeness (QED) is 0.890. The van der Waals surface area contributed by atoms with E-state index in [2.05, 4.69) is 34.5 Å². The summed E-state index contributed by atoms with van der Waals surface area (Å²) in [7, 11) is 0. The van der Waals surface area contributed by atoms with Crippen LogP contribution >= 0.6 is 0 Å². The van der Waals surface area contributed by atoms with Crippen LogP contribution in [-0.4, -0.2) is 67.7 Å². The Kier molecular flexibility index (Phi) is 5.43. The van der Waals surface area contributed by atoms with Gasteiger partial charge in [0.25, 0.3) is 0 Å². The number of piperazine rings is 1. The summed E-state index contributed by atoms with van der Waals surface area (Å²) in [6.07, 6.45) is 0.551. The van der Waals surface area contributed by atoms with Gasteiger partial charge in [0.2, 0.25) is 5.91 Å². The zero-order chi connectivity index (χ0) is 15.2. The lowest BCUT2D eigenvalue weighted by Gasteiger charge is -2.35. The first-order chi connectivity index (χ1) is 10.8. The minimum atomic E-state index is 0.0450. The molecule has 1 N–H and O–H groups in total. The molecule has 5 heteroatoms. The normalized spacial score (nSPS) is 23.5. The first-order valence-electron chi connectivity index (χ1n) is 8.17. The largest absolute Gasteiger partial charge is 0.375 e. The molecule has 2 aliphatic heterocycles. The fourth-order valence-corrected chi connectivity index (χ4v) is 3.07. The third kappa shape index (κ3) is 4.29. The topological polar surface area (TPSA) is 44.8 Å². The van der Waals surface area contributed by atoms with Gasteiger partial charge in [-0.25, -0.2) is 0 Å². The van der Waals surface area contributed by atoms with E-state index in [-0.39, 0.29) is 12.0 Å². The molecule has 22 heavy (non-hydrogen) atoms. The highest BCUT2D eigenvalue weighted by Crippen LogP contribution is 2.11. The molecule has 5 nitrogen and oxygen atoms in total. The first kappa shape index (κ1) is 15.5. The van der Waals surface area contributed by atoms with Crippen LogP contribution in [0.15, 0.2) is 30.3 Å². The van der Waals surface area contributed by atoms with E-state index in [1.165, 1.54) is 5.56 Å². The zero-order valence-electron chi connectivity index (χ0n) is 13.0. The van der Waals surface area contributed by atoms with Crippen molar-refractivity contribution in [2.24, 2.45) is 0 Å². The second-order valence-corrected chi connectivity index (χ2v) is 6.04. The van der Waals surface area contributed by atoms with Crippen LogP contribution in [0.1, 0.15) is 12.0 Å². The summed E-state index contributed by atoms with van der Waals surface area (Å²) in [5.41, 5.74) is 1.34. The molecule has 2 aliphatic rings. The van der Waals surface area contributed by atoms with E-state index in [9.17, 15) is 4.79 Å².